The summed E-state index contributed by atoms with van der Waals surface area (Å²) in [6.45, 7) is 1.02. The summed E-state index contributed by atoms with van der Waals surface area (Å²) < 4.78 is 5.21. The fraction of sp³-hybridized carbons (Fsp3) is 0.286. The van der Waals surface area contributed by atoms with Crippen LogP contribution in [0.3, 0.4) is 0 Å². The Hall–Kier alpha value is -1.54. The van der Waals surface area contributed by atoms with E-state index in [-0.39, 0.29) is 0 Å². The van der Waals surface area contributed by atoms with E-state index in [0.717, 1.165) is 18.7 Å². The molecule has 0 aliphatic rings. The number of hydrogen-bond acceptors (Lipinski definition) is 2. The van der Waals surface area contributed by atoms with Gasteiger partial charge < -0.3 is 10.1 Å². The smallest absolute Gasteiger partial charge is 0.119 e. The first kappa shape index (κ1) is 11.0. The van der Waals surface area contributed by atoms with E-state index in [1.165, 1.54) is 16.3 Å². The van der Waals surface area contributed by atoms with E-state index in [0.29, 0.717) is 0 Å². The molecule has 84 valence electrons. The molecule has 0 saturated carbocycles. The Kier molecular flexibility index (Phi) is 3.42. The van der Waals surface area contributed by atoms with E-state index < -0.39 is 0 Å². The lowest BCUT2D eigenvalue weighted by atomic mass is 10.0. The van der Waals surface area contributed by atoms with Crippen molar-refractivity contribution in [1.29, 1.82) is 0 Å². The molecule has 0 saturated heterocycles. The monoisotopic (exact) mass is 215 g/mol. The molecule has 2 nitrogen and oxygen atoms in total. The average Bonchev–Trinajstić information content (AvgIpc) is 2.35. The summed E-state index contributed by atoms with van der Waals surface area (Å²) in [5.41, 5.74) is 1.37. The standard InChI is InChI=1S/C14H17NO/c1-15-8-7-11-3-4-13-10-14(16-2)6-5-12(13)9-11/h3-6,9-10,15H,7-8H2,1-2H3. The zero-order valence-corrected chi connectivity index (χ0v) is 9.79. The van der Waals surface area contributed by atoms with Crippen LogP contribution >= 0.6 is 0 Å². The highest BCUT2D eigenvalue weighted by Gasteiger charge is 1.98. The Morgan fingerprint density at radius 2 is 1.81 bits per heavy atom. The van der Waals surface area contributed by atoms with Crippen LogP contribution in [0.2, 0.25) is 0 Å². The van der Waals surface area contributed by atoms with Gasteiger partial charge in [0.15, 0.2) is 0 Å². The average molecular weight is 215 g/mol. The SMILES string of the molecule is CNCCc1ccc2cc(OC)ccc2c1. The minimum absolute atomic E-state index is 0.912. The van der Waals surface area contributed by atoms with Gasteiger partial charge in [0.05, 0.1) is 7.11 Å². The van der Waals surface area contributed by atoms with Crippen molar-refractivity contribution in [1.82, 2.24) is 5.32 Å². The Labute approximate surface area is 96.2 Å². The Morgan fingerprint density at radius 3 is 2.56 bits per heavy atom. The molecule has 0 amide bonds. The van der Waals surface area contributed by atoms with Gasteiger partial charge in [-0.3, -0.25) is 0 Å². The number of methoxy groups -OCH3 is 1. The number of fused-ring (bicyclic) bond motifs is 1. The number of rotatable bonds is 4. The van der Waals surface area contributed by atoms with E-state index in [4.69, 9.17) is 4.74 Å². The third-order valence-electron chi connectivity index (χ3n) is 2.78. The Bertz CT molecular complexity index is 479. The van der Waals surface area contributed by atoms with Gasteiger partial charge in [-0.05, 0) is 48.5 Å². The first-order valence-electron chi connectivity index (χ1n) is 5.55. The summed E-state index contributed by atoms with van der Waals surface area (Å²) in [6, 6.07) is 12.8. The van der Waals surface area contributed by atoms with Crippen LogP contribution in [0.5, 0.6) is 5.75 Å². The fourth-order valence-corrected chi connectivity index (χ4v) is 1.83. The van der Waals surface area contributed by atoms with E-state index in [1.54, 1.807) is 7.11 Å². The van der Waals surface area contributed by atoms with E-state index in [1.807, 2.05) is 13.1 Å². The molecule has 0 fully saturated rings. The second-order valence-electron chi connectivity index (χ2n) is 3.90. The number of likely N-dealkylation sites (N-methyl/N-ethyl adjacent to an activating group) is 1. The molecular formula is C14H17NO. The van der Waals surface area contributed by atoms with Crippen LogP contribution in [0.1, 0.15) is 5.56 Å². The predicted octanol–water partition coefficient (Wildman–Crippen LogP) is 2.61. The summed E-state index contributed by atoms with van der Waals surface area (Å²) in [5, 5.41) is 5.66. The molecule has 0 heterocycles. The zero-order valence-electron chi connectivity index (χ0n) is 9.79. The summed E-state index contributed by atoms with van der Waals surface area (Å²) in [6.07, 6.45) is 1.07. The maximum Gasteiger partial charge on any atom is 0.119 e. The lowest BCUT2D eigenvalue weighted by molar-refractivity contribution is 0.415. The van der Waals surface area contributed by atoms with Gasteiger partial charge in [0.25, 0.3) is 0 Å². The number of nitrogens with one attached hydrogen (secondary N) is 1. The van der Waals surface area contributed by atoms with Crippen LogP contribution in [0, 0.1) is 0 Å². The van der Waals surface area contributed by atoms with Crippen LogP contribution in [0.4, 0.5) is 0 Å². The molecule has 0 aromatic heterocycles. The van der Waals surface area contributed by atoms with Gasteiger partial charge in [-0.2, -0.15) is 0 Å². The van der Waals surface area contributed by atoms with Crippen LogP contribution in [0.15, 0.2) is 36.4 Å². The van der Waals surface area contributed by atoms with Crippen LogP contribution in [0.25, 0.3) is 10.8 Å². The largest absolute Gasteiger partial charge is 0.497 e. The maximum atomic E-state index is 5.21. The number of hydrogen-bond donors (Lipinski definition) is 1. The summed E-state index contributed by atoms with van der Waals surface area (Å²) in [4.78, 5) is 0. The third kappa shape index (κ3) is 2.34. The van der Waals surface area contributed by atoms with Crippen LogP contribution in [-0.4, -0.2) is 20.7 Å². The molecule has 0 unspecified atom stereocenters. The van der Waals surface area contributed by atoms with E-state index >= 15 is 0 Å². The van der Waals surface area contributed by atoms with Crippen molar-refractivity contribution in [2.45, 2.75) is 6.42 Å². The van der Waals surface area contributed by atoms with Gasteiger partial charge in [-0.25, -0.2) is 0 Å². The van der Waals surface area contributed by atoms with Crippen molar-refractivity contribution in [2.75, 3.05) is 20.7 Å². The van der Waals surface area contributed by atoms with Crippen molar-refractivity contribution in [2.24, 2.45) is 0 Å². The van der Waals surface area contributed by atoms with Crippen molar-refractivity contribution in [3.05, 3.63) is 42.0 Å². The van der Waals surface area contributed by atoms with Crippen molar-refractivity contribution < 1.29 is 4.74 Å². The summed E-state index contributed by atoms with van der Waals surface area (Å²) in [7, 11) is 3.67. The molecule has 1 N–H and O–H groups in total. The predicted molar refractivity (Wildman–Crippen MR) is 68.1 cm³/mol. The van der Waals surface area contributed by atoms with Crippen LogP contribution < -0.4 is 10.1 Å². The Morgan fingerprint density at radius 1 is 1.06 bits per heavy atom. The lowest BCUT2D eigenvalue weighted by Crippen LogP contribution is -2.10. The molecule has 2 aromatic rings. The lowest BCUT2D eigenvalue weighted by Gasteiger charge is -2.05. The third-order valence-corrected chi connectivity index (χ3v) is 2.78. The molecule has 2 aromatic carbocycles. The van der Waals surface area contributed by atoms with Gasteiger partial charge in [-0.1, -0.05) is 24.3 Å². The quantitative estimate of drug-likeness (QED) is 0.846. The maximum absolute atomic E-state index is 5.21. The fourth-order valence-electron chi connectivity index (χ4n) is 1.83. The summed E-state index contributed by atoms with van der Waals surface area (Å²) >= 11 is 0. The molecular weight excluding hydrogens is 198 g/mol. The minimum Gasteiger partial charge on any atom is -0.497 e. The molecule has 0 aliphatic heterocycles. The highest BCUT2D eigenvalue weighted by atomic mass is 16.5. The molecule has 2 rings (SSSR count). The molecule has 0 atom stereocenters. The molecule has 0 aliphatic carbocycles. The number of ether oxygens (including phenoxy) is 1. The first-order valence-corrected chi connectivity index (χ1v) is 5.55. The first-order chi connectivity index (χ1) is 7.83. The van der Waals surface area contributed by atoms with Gasteiger partial charge in [-0.15, -0.1) is 0 Å². The second kappa shape index (κ2) is 4.99. The highest BCUT2D eigenvalue weighted by Crippen LogP contribution is 2.21. The Balaban J connectivity index is 2.32. The van der Waals surface area contributed by atoms with Crippen molar-refractivity contribution in [3.63, 3.8) is 0 Å². The highest BCUT2D eigenvalue weighted by molar-refractivity contribution is 5.84. The van der Waals surface area contributed by atoms with E-state index in [9.17, 15) is 0 Å². The van der Waals surface area contributed by atoms with Crippen molar-refractivity contribution in [3.8, 4) is 5.75 Å². The van der Waals surface area contributed by atoms with Gasteiger partial charge >= 0.3 is 0 Å². The minimum atomic E-state index is 0.912. The summed E-state index contributed by atoms with van der Waals surface area (Å²) in [5.74, 6) is 0.912. The van der Waals surface area contributed by atoms with E-state index in [2.05, 4.69) is 35.6 Å². The van der Waals surface area contributed by atoms with Crippen molar-refractivity contribution >= 4 is 10.8 Å². The van der Waals surface area contributed by atoms with Gasteiger partial charge in [0.2, 0.25) is 0 Å². The molecule has 0 bridgehead atoms. The second-order valence-corrected chi connectivity index (χ2v) is 3.90. The van der Waals surface area contributed by atoms with Gasteiger partial charge in [0.1, 0.15) is 5.75 Å². The number of benzene rings is 2. The van der Waals surface area contributed by atoms with Gasteiger partial charge in [0, 0.05) is 0 Å². The molecule has 0 spiro atoms. The van der Waals surface area contributed by atoms with Crippen LogP contribution in [-0.2, 0) is 6.42 Å². The molecule has 0 radical (unpaired) electrons. The molecule has 2 heteroatoms. The molecule has 16 heavy (non-hydrogen) atoms. The normalized spacial score (nSPS) is 10.6. The topological polar surface area (TPSA) is 21.3 Å². The zero-order chi connectivity index (χ0) is 11.4.